The van der Waals surface area contributed by atoms with E-state index in [4.69, 9.17) is 17.3 Å². The highest BCUT2D eigenvalue weighted by atomic mass is 35.5. The van der Waals surface area contributed by atoms with Crippen LogP contribution in [0.5, 0.6) is 0 Å². The summed E-state index contributed by atoms with van der Waals surface area (Å²) in [4.78, 5) is 32.5. The first kappa shape index (κ1) is 15.7. The summed E-state index contributed by atoms with van der Waals surface area (Å²) in [5.41, 5.74) is 5.19. The van der Waals surface area contributed by atoms with Gasteiger partial charge < -0.3 is 16.4 Å². The van der Waals surface area contributed by atoms with Crippen LogP contribution in [0.2, 0.25) is 5.02 Å². The lowest BCUT2D eigenvalue weighted by Gasteiger charge is -2.09. The van der Waals surface area contributed by atoms with Gasteiger partial charge in [-0.3, -0.25) is 19.7 Å². The van der Waals surface area contributed by atoms with Gasteiger partial charge in [-0.25, -0.2) is 0 Å². The third-order valence-electron chi connectivity index (χ3n) is 2.35. The average Bonchev–Trinajstić information content (AvgIpc) is 2.36. The average molecular weight is 301 g/mol. The van der Waals surface area contributed by atoms with Crippen LogP contribution in [0, 0.1) is 10.1 Å². The number of hydrogen-bond donors (Lipinski definition) is 3. The third-order valence-corrected chi connectivity index (χ3v) is 2.67. The van der Waals surface area contributed by atoms with Crippen LogP contribution in [0.15, 0.2) is 12.1 Å². The van der Waals surface area contributed by atoms with Crippen molar-refractivity contribution < 1.29 is 14.5 Å². The van der Waals surface area contributed by atoms with E-state index in [0.29, 0.717) is 0 Å². The minimum Gasteiger partial charge on any atom is -0.397 e. The maximum atomic E-state index is 11.9. The molecular formula is C11H13ClN4O4. The van der Waals surface area contributed by atoms with Gasteiger partial charge in [0.15, 0.2) is 0 Å². The Hall–Kier alpha value is -2.35. The molecule has 0 radical (unpaired) electrons. The SMILES string of the molecule is CC(=O)NCCNC(=O)c1cc([N+](=O)[O-])cc(Cl)c1N. The van der Waals surface area contributed by atoms with E-state index in [1.807, 2.05) is 0 Å². The van der Waals surface area contributed by atoms with Gasteiger partial charge in [-0.05, 0) is 0 Å². The molecule has 4 N–H and O–H groups in total. The van der Waals surface area contributed by atoms with Gasteiger partial charge in [0.05, 0.1) is 21.2 Å². The molecule has 0 aliphatic carbocycles. The normalized spacial score (nSPS) is 9.90. The van der Waals surface area contributed by atoms with Crippen molar-refractivity contribution in [2.45, 2.75) is 6.92 Å². The monoisotopic (exact) mass is 300 g/mol. The molecule has 1 rings (SSSR count). The predicted molar refractivity (Wildman–Crippen MR) is 73.5 cm³/mol. The molecule has 108 valence electrons. The van der Waals surface area contributed by atoms with Crippen molar-refractivity contribution in [2.75, 3.05) is 18.8 Å². The molecule has 0 saturated heterocycles. The number of non-ortho nitro benzene ring substituents is 1. The van der Waals surface area contributed by atoms with Crippen molar-refractivity contribution in [1.29, 1.82) is 0 Å². The zero-order valence-electron chi connectivity index (χ0n) is 10.6. The zero-order chi connectivity index (χ0) is 15.3. The topological polar surface area (TPSA) is 127 Å². The fourth-order valence-electron chi connectivity index (χ4n) is 1.41. The number of anilines is 1. The molecule has 0 saturated carbocycles. The molecule has 1 aromatic carbocycles. The van der Waals surface area contributed by atoms with E-state index < -0.39 is 10.8 Å². The Morgan fingerprint density at radius 1 is 1.35 bits per heavy atom. The minimum absolute atomic E-state index is 0.0331. The summed E-state index contributed by atoms with van der Waals surface area (Å²) in [5.74, 6) is -0.824. The molecule has 0 spiro atoms. The number of nitrogens with two attached hydrogens (primary N) is 1. The van der Waals surface area contributed by atoms with Crippen LogP contribution in [0.3, 0.4) is 0 Å². The Morgan fingerprint density at radius 2 is 1.95 bits per heavy atom. The van der Waals surface area contributed by atoms with Crippen molar-refractivity contribution in [2.24, 2.45) is 0 Å². The molecular weight excluding hydrogens is 288 g/mol. The second-order valence-corrected chi connectivity index (χ2v) is 4.29. The molecule has 0 bridgehead atoms. The lowest BCUT2D eigenvalue weighted by molar-refractivity contribution is -0.384. The summed E-state index contributed by atoms with van der Waals surface area (Å²) in [7, 11) is 0. The molecule has 8 nitrogen and oxygen atoms in total. The number of nitrogens with one attached hydrogen (secondary N) is 2. The Labute approximate surface area is 119 Å². The fraction of sp³-hybridized carbons (Fsp3) is 0.273. The number of rotatable bonds is 5. The van der Waals surface area contributed by atoms with Gasteiger partial charge in [0.1, 0.15) is 0 Å². The summed E-state index contributed by atoms with van der Waals surface area (Å²) in [6, 6.07) is 2.12. The summed E-state index contributed by atoms with van der Waals surface area (Å²) < 4.78 is 0. The van der Waals surface area contributed by atoms with Crippen molar-refractivity contribution in [1.82, 2.24) is 10.6 Å². The molecule has 0 fully saturated rings. The maximum Gasteiger partial charge on any atom is 0.271 e. The third kappa shape index (κ3) is 4.09. The lowest BCUT2D eigenvalue weighted by atomic mass is 10.1. The van der Waals surface area contributed by atoms with E-state index in [1.54, 1.807) is 0 Å². The number of nitro groups is 1. The number of carbonyl (C=O) groups excluding carboxylic acids is 2. The van der Waals surface area contributed by atoms with Crippen LogP contribution in [0.4, 0.5) is 11.4 Å². The number of hydrogen-bond acceptors (Lipinski definition) is 5. The summed E-state index contributed by atoms with van der Waals surface area (Å²) in [6.45, 7) is 1.75. The van der Waals surface area contributed by atoms with Crippen LogP contribution in [-0.2, 0) is 4.79 Å². The molecule has 9 heteroatoms. The first-order valence-electron chi connectivity index (χ1n) is 5.59. The fourth-order valence-corrected chi connectivity index (χ4v) is 1.62. The minimum atomic E-state index is -0.667. The highest BCUT2D eigenvalue weighted by Gasteiger charge is 2.18. The first-order valence-corrected chi connectivity index (χ1v) is 5.96. The van der Waals surface area contributed by atoms with E-state index in [1.165, 1.54) is 6.92 Å². The van der Waals surface area contributed by atoms with Gasteiger partial charge >= 0.3 is 0 Å². The largest absolute Gasteiger partial charge is 0.397 e. The first-order chi connectivity index (χ1) is 9.32. The van der Waals surface area contributed by atoms with E-state index in [-0.39, 0.29) is 41.0 Å². The van der Waals surface area contributed by atoms with Crippen molar-refractivity contribution in [3.63, 3.8) is 0 Å². The van der Waals surface area contributed by atoms with Crippen LogP contribution in [0.25, 0.3) is 0 Å². The van der Waals surface area contributed by atoms with Gasteiger partial charge in [-0.1, -0.05) is 11.6 Å². The summed E-state index contributed by atoms with van der Waals surface area (Å²) in [6.07, 6.45) is 0. The highest BCUT2D eigenvalue weighted by Crippen LogP contribution is 2.28. The van der Waals surface area contributed by atoms with Crippen LogP contribution in [-0.4, -0.2) is 29.8 Å². The van der Waals surface area contributed by atoms with Gasteiger partial charge in [0.25, 0.3) is 11.6 Å². The van der Waals surface area contributed by atoms with Gasteiger partial charge in [0.2, 0.25) is 5.91 Å². The molecule has 1 aromatic rings. The van der Waals surface area contributed by atoms with E-state index in [9.17, 15) is 19.7 Å². The molecule has 0 aliphatic rings. The number of nitrogens with zero attached hydrogens (tertiary/aromatic N) is 1. The van der Waals surface area contributed by atoms with Crippen LogP contribution >= 0.6 is 11.6 Å². The predicted octanol–water partition coefficient (Wildman–Crippen LogP) is 0.696. The van der Waals surface area contributed by atoms with Crippen LogP contribution in [0.1, 0.15) is 17.3 Å². The Morgan fingerprint density at radius 3 is 2.50 bits per heavy atom. The lowest BCUT2D eigenvalue weighted by Crippen LogP contribution is -2.34. The van der Waals surface area contributed by atoms with Gasteiger partial charge in [0, 0.05) is 32.1 Å². The number of nitro benzene ring substituents is 1. The summed E-state index contributed by atoms with van der Waals surface area (Å²) >= 11 is 5.74. The quantitative estimate of drug-likeness (QED) is 0.319. The molecule has 0 heterocycles. The zero-order valence-corrected chi connectivity index (χ0v) is 11.4. The summed E-state index contributed by atoms with van der Waals surface area (Å²) in [5, 5.41) is 15.6. The number of nitrogen functional groups attached to an aromatic ring is 1. The standard InChI is InChI=1S/C11H13ClN4O4/c1-6(17)14-2-3-15-11(18)8-4-7(16(19)20)5-9(12)10(8)13/h4-5H,2-3,13H2,1H3,(H,14,17)(H,15,18). The number of halogens is 1. The van der Waals surface area contributed by atoms with E-state index >= 15 is 0 Å². The van der Waals surface area contributed by atoms with Crippen molar-refractivity contribution in [3.8, 4) is 0 Å². The Kier molecular flexibility index (Phi) is 5.27. The second-order valence-electron chi connectivity index (χ2n) is 3.88. The van der Waals surface area contributed by atoms with Crippen molar-refractivity contribution in [3.05, 3.63) is 32.8 Å². The Bertz CT molecular complexity index is 562. The molecule has 0 aromatic heterocycles. The smallest absolute Gasteiger partial charge is 0.271 e. The van der Waals surface area contributed by atoms with Crippen molar-refractivity contribution >= 4 is 34.8 Å². The highest BCUT2D eigenvalue weighted by molar-refractivity contribution is 6.34. The van der Waals surface area contributed by atoms with E-state index in [0.717, 1.165) is 12.1 Å². The number of amides is 2. The Balaban J connectivity index is 2.81. The van der Waals surface area contributed by atoms with Crippen LogP contribution < -0.4 is 16.4 Å². The molecule has 20 heavy (non-hydrogen) atoms. The van der Waals surface area contributed by atoms with Gasteiger partial charge in [-0.15, -0.1) is 0 Å². The molecule has 0 unspecified atom stereocenters. The molecule has 0 atom stereocenters. The maximum absolute atomic E-state index is 11.9. The number of carbonyl (C=O) groups is 2. The van der Waals surface area contributed by atoms with Gasteiger partial charge in [-0.2, -0.15) is 0 Å². The molecule has 2 amide bonds. The second kappa shape index (κ2) is 6.71. The molecule has 0 aliphatic heterocycles. The number of benzene rings is 1. The van der Waals surface area contributed by atoms with E-state index in [2.05, 4.69) is 10.6 Å².